The molecule has 23 heavy (non-hydrogen) atoms. The summed E-state index contributed by atoms with van der Waals surface area (Å²) in [6, 6.07) is -0.979. The Morgan fingerprint density at radius 2 is 1.96 bits per heavy atom. The molecule has 1 aromatic heterocycles. The number of aryl methyl sites for hydroxylation is 2. The first-order valence-corrected chi connectivity index (χ1v) is 8.58. The van der Waals surface area contributed by atoms with E-state index in [0.29, 0.717) is 12.8 Å². The molecule has 0 saturated carbocycles. The third-order valence-corrected chi connectivity index (χ3v) is 4.86. The van der Waals surface area contributed by atoms with Crippen LogP contribution in [-0.2, 0) is 19.6 Å². The van der Waals surface area contributed by atoms with Gasteiger partial charge in [0.15, 0.2) is 5.76 Å². The molecule has 1 amide bonds. The standard InChI is InChI=1S/C13H21N3O6S/c1-8-12(10(3)22-15-8)23(20,21)16-9(2)13(19)14-7-5-4-6-11(17)18/h9,16H,4-7H2,1-3H3,(H,14,19)(H,17,18). The number of carboxylic acid groups (broad SMARTS) is 1. The number of unbranched alkanes of at least 4 members (excludes halogenated alkanes) is 1. The number of nitrogens with zero attached hydrogens (tertiary/aromatic N) is 1. The van der Waals surface area contributed by atoms with Gasteiger partial charge in [-0.3, -0.25) is 9.59 Å². The van der Waals surface area contributed by atoms with Crippen molar-refractivity contribution in [2.24, 2.45) is 0 Å². The number of amides is 1. The van der Waals surface area contributed by atoms with Gasteiger partial charge >= 0.3 is 5.97 Å². The summed E-state index contributed by atoms with van der Waals surface area (Å²) in [4.78, 5) is 22.1. The van der Waals surface area contributed by atoms with Crippen LogP contribution in [0.3, 0.4) is 0 Å². The molecule has 0 saturated heterocycles. The molecule has 130 valence electrons. The van der Waals surface area contributed by atoms with Crippen LogP contribution in [0.4, 0.5) is 0 Å². The van der Waals surface area contributed by atoms with Gasteiger partial charge < -0.3 is 14.9 Å². The summed E-state index contributed by atoms with van der Waals surface area (Å²) in [6.45, 7) is 4.67. The number of hydrogen-bond acceptors (Lipinski definition) is 6. The van der Waals surface area contributed by atoms with Crippen LogP contribution in [-0.4, -0.2) is 43.1 Å². The van der Waals surface area contributed by atoms with E-state index in [9.17, 15) is 18.0 Å². The fourth-order valence-corrected chi connectivity index (χ4v) is 3.50. The van der Waals surface area contributed by atoms with E-state index in [2.05, 4.69) is 15.2 Å². The van der Waals surface area contributed by atoms with Crippen LogP contribution < -0.4 is 10.0 Å². The number of nitrogens with one attached hydrogen (secondary N) is 2. The average molecular weight is 347 g/mol. The maximum Gasteiger partial charge on any atom is 0.303 e. The highest BCUT2D eigenvalue weighted by atomic mass is 32.2. The molecular formula is C13H21N3O6S. The Balaban J connectivity index is 2.53. The summed E-state index contributed by atoms with van der Waals surface area (Å²) in [5.41, 5.74) is 0.219. The molecule has 1 rings (SSSR count). The topological polar surface area (TPSA) is 139 Å². The van der Waals surface area contributed by atoms with Gasteiger partial charge in [-0.15, -0.1) is 0 Å². The van der Waals surface area contributed by atoms with Crippen molar-refractivity contribution < 1.29 is 27.6 Å². The highest BCUT2D eigenvalue weighted by Crippen LogP contribution is 2.18. The zero-order chi connectivity index (χ0) is 17.6. The Hall–Kier alpha value is -1.94. The van der Waals surface area contributed by atoms with Gasteiger partial charge in [-0.2, -0.15) is 4.72 Å². The van der Waals surface area contributed by atoms with Crippen molar-refractivity contribution in [2.75, 3.05) is 6.54 Å². The fourth-order valence-electron chi connectivity index (χ4n) is 1.97. The Morgan fingerprint density at radius 1 is 1.30 bits per heavy atom. The molecule has 3 N–H and O–H groups in total. The Labute approximate surface area is 134 Å². The van der Waals surface area contributed by atoms with Crippen LogP contribution >= 0.6 is 0 Å². The maximum atomic E-state index is 12.2. The van der Waals surface area contributed by atoms with Crippen molar-refractivity contribution in [1.82, 2.24) is 15.2 Å². The van der Waals surface area contributed by atoms with Crippen molar-refractivity contribution >= 4 is 21.9 Å². The van der Waals surface area contributed by atoms with Crippen molar-refractivity contribution in [3.05, 3.63) is 11.5 Å². The Kier molecular flexibility index (Phi) is 6.70. The molecule has 10 heteroatoms. The lowest BCUT2D eigenvalue weighted by Gasteiger charge is -2.14. The summed E-state index contributed by atoms with van der Waals surface area (Å²) in [5, 5.41) is 14.6. The highest BCUT2D eigenvalue weighted by molar-refractivity contribution is 7.89. The van der Waals surface area contributed by atoms with Gasteiger partial charge in [-0.05, 0) is 33.6 Å². The third kappa shape index (κ3) is 5.64. The minimum Gasteiger partial charge on any atom is -0.481 e. The lowest BCUT2D eigenvalue weighted by atomic mass is 10.2. The van der Waals surface area contributed by atoms with Crippen LogP contribution in [0, 0.1) is 13.8 Å². The van der Waals surface area contributed by atoms with E-state index >= 15 is 0 Å². The van der Waals surface area contributed by atoms with E-state index < -0.39 is 27.9 Å². The maximum absolute atomic E-state index is 12.2. The number of carboxylic acids is 1. The first-order valence-electron chi connectivity index (χ1n) is 7.10. The lowest BCUT2D eigenvalue weighted by Crippen LogP contribution is -2.45. The second-order valence-corrected chi connectivity index (χ2v) is 6.79. The van der Waals surface area contributed by atoms with Crippen LogP contribution in [0.15, 0.2) is 9.42 Å². The predicted molar refractivity (Wildman–Crippen MR) is 80.3 cm³/mol. The third-order valence-electron chi connectivity index (χ3n) is 3.08. The number of aliphatic carboxylic acids is 1. The minimum absolute atomic E-state index is 0.0318. The quantitative estimate of drug-likeness (QED) is 0.547. The SMILES string of the molecule is Cc1noc(C)c1S(=O)(=O)NC(C)C(=O)NCCCCC(=O)O. The first-order chi connectivity index (χ1) is 10.6. The van der Waals surface area contributed by atoms with Gasteiger partial charge in [-0.25, -0.2) is 8.42 Å². The molecule has 0 aliphatic heterocycles. The van der Waals surface area contributed by atoms with Crippen LogP contribution in [0.1, 0.15) is 37.6 Å². The molecule has 9 nitrogen and oxygen atoms in total. The van der Waals surface area contributed by atoms with Gasteiger partial charge in [0.05, 0.1) is 6.04 Å². The van der Waals surface area contributed by atoms with Gasteiger partial charge in [0.2, 0.25) is 15.9 Å². The molecule has 1 heterocycles. The molecule has 0 aromatic carbocycles. The largest absolute Gasteiger partial charge is 0.481 e. The van der Waals surface area contributed by atoms with E-state index in [1.54, 1.807) is 0 Å². The zero-order valence-corrected chi connectivity index (χ0v) is 14.1. The fraction of sp³-hybridized carbons (Fsp3) is 0.615. The summed E-state index contributed by atoms with van der Waals surface area (Å²) < 4.78 is 31.6. The average Bonchev–Trinajstić information content (AvgIpc) is 2.77. The molecule has 0 bridgehead atoms. The van der Waals surface area contributed by atoms with Gasteiger partial charge in [0.1, 0.15) is 10.6 Å². The van der Waals surface area contributed by atoms with Gasteiger partial charge in [-0.1, -0.05) is 5.16 Å². The van der Waals surface area contributed by atoms with Gasteiger partial charge in [0.25, 0.3) is 0 Å². The van der Waals surface area contributed by atoms with Crippen LogP contribution in [0.5, 0.6) is 0 Å². The van der Waals surface area contributed by atoms with E-state index in [0.717, 1.165) is 0 Å². The molecule has 1 unspecified atom stereocenters. The smallest absolute Gasteiger partial charge is 0.303 e. The molecule has 0 fully saturated rings. The van der Waals surface area contributed by atoms with Crippen molar-refractivity contribution in [1.29, 1.82) is 0 Å². The summed E-state index contributed by atoms with van der Waals surface area (Å²) >= 11 is 0. The van der Waals surface area contributed by atoms with Crippen molar-refractivity contribution in [3.63, 3.8) is 0 Å². The van der Waals surface area contributed by atoms with Gasteiger partial charge in [0, 0.05) is 13.0 Å². The molecule has 1 atom stereocenters. The minimum atomic E-state index is -3.91. The van der Waals surface area contributed by atoms with E-state index in [4.69, 9.17) is 9.63 Å². The first kappa shape index (κ1) is 19.1. The number of rotatable bonds is 9. The van der Waals surface area contributed by atoms with Crippen LogP contribution in [0.2, 0.25) is 0 Å². The van der Waals surface area contributed by atoms with Crippen molar-refractivity contribution in [3.8, 4) is 0 Å². The predicted octanol–water partition coefficient (Wildman–Crippen LogP) is 0.329. The molecule has 0 radical (unpaired) electrons. The molecular weight excluding hydrogens is 326 g/mol. The number of carbonyl (C=O) groups is 2. The van der Waals surface area contributed by atoms with Crippen LogP contribution in [0.25, 0.3) is 0 Å². The number of aromatic nitrogens is 1. The molecule has 1 aromatic rings. The number of sulfonamides is 1. The second kappa shape index (κ2) is 8.06. The molecule has 0 spiro atoms. The number of carbonyl (C=O) groups excluding carboxylic acids is 1. The molecule has 0 aliphatic rings. The van der Waals surface area contributed by atoms with E-state index in [1.165, 1.54) is 20.8 Å². The summed E-state index contributed by atoms with van der Waals surface area (Å²) in [6.07, 6.45) is 0.972. The van der Waals surface area contributed by atoms with Crippen molar-refractivity contribution in [2.45, 2.75) is 51.0 Å². The second-order valence-electron chi connectivity index (χ2n) is 5.14. The molecule has 0 aliphatic carbocycles. The van der Waals surface area contributed by atoms with E-state index in [-0.39, 0.29) is 29.3 Å². The lowest BCUT2D eigenvalue weighted by molar-refractivity contribution is -0.137. The highest BCUT2D eigenvalue weighted by Gasteiger charge is 2.27. The Morgan fingerprint density at radius 3 is 2.48 bits per heavy atom. The Bertz CT molecular complexity index is 648. The normalized spacial score (nSPS) is 12.8. The summed E-state index contributed by atoms with van der Waals surface area (Å²) in [7, 11) is -3.91. The zero-order valence-electron chi connectivity index (χ0n) is 13.2. The number of hydrogen-bond donors (Lipinski definition) is 3. The monoisotopic (exact) mass is 347 g/mol. The summed E-state index contributed by atoms with van der Waals surface area (Å²) in [5.74, 6) is -1.23. The van der Waals surface area contributed by atoms with E-state index in [1.807, 2.05) is 0 Å².